The predicted octanol–water partition coefficient (Wildman–Crippen LogP) is 3.72. The number of thioether (sulfide) groups is 1. The molecule has 5 heteroatoms. The molecule has 2 aromatic carbocycles. The Hall–Kier alpha value is -2.01. The van der Waals surface area contributed by atoms with Crippen LogP contribution in [0.3, 0.4) is 0 Å². The van der Waals surface area contributed by atoms with Gasteiger partial charge in [-0.25, -0.2) is 4.39 Å². The zero-order chi connectivity index (χ0) is 15.5. The maximum atomic E-state index is 14.0. The summed E-state index contributed by atoms with van der Waals surface area (Å²) >= 11 is 1.58. The topological polar surface area (TPSA) is 29.5 Å². The quantitative estimate of drug-likeness (QED) is 0.864. The third-order valence-corrected chi connectivity index (χ3v) is 4.88. The van der Waals surface area contributed by atoms with Gasteiger partial charge in [0.15, 0.2) is 0 Å². The van der Waals surface area contributed by atoms with Gasteiger partial charge in [0, 0.05) is 23.4 Å². The molecule has 0 radical (unpaired) electrons. The minimum absolute atomic E-state index is 0.0999. The van der Waals surface area contributed by atoms with Crippen LogP contribution >= 0.6 is 11.8 Å². The van der Waals surface area contributed by atoms with E-state index in [1.165, 1.54) is 6.07 Å². The lowest BCUT2D eigenvalue weighted by atomic mass is 10.1. The van der Waals surface area contributed by atoms with Crippen molar-refractivity contribution in [2.75, 3.05) is 19.4 Å². The molecule has 0 spiro atoms. The van der Waals surface area contributed by atoms with Crippen LogP contribution in [0.1, 0.15) is 21.3 Å². The molecule has 114 valence electrons. The number of hydrogen-bond donors (Lipinski definition) is 0. The fraction of sp³-hybridized carbons (Fsp3) is 0.235. The van der Waals surface area contributed by atoms with Crippen molar-refractivity contribution in [3.8, 4) is 5.75 Å². The van der Waals surface area contributed by atoms with E-state index in [2.05, 4.69) is 0 Å². The van der Waals surface area contributed by atoms with Crippen molar-refractivity contribution >= 4 is 17.7 Å². The summed E-state index contributed by atoms with van der Waals surface area (Å²) in [4.78, 5) is 14.5. The molecule has 0 aromatic heterocycles. The fourth-order valence-corrected chi connectivity index (χ4v) is 3.81. The Kier molecular flexibility index (Phi) is 4.34. The number of benzene rings is 2. The molecule has 0 aliphatic carbocycles. The predicted molar refractivity (Wildman–Crippen MR) is 85.6 cm³/mol. The average molecular weight is 317 g/mol. The zero-order valence-corrected chi connectivity index (χ0v) is 13.0. The molecule has 1 saturated heterocycles. The molecule has 0 saturated carbocycles. The Labute approximate surface area is 133 Å². The van der Waals surface area contributed by atoms with Gasteiger partial charge in [0.1, 0.15) is 16.9 Å². The second-order valence-corrected chi connectivity index (χ2v) is 6.16. The van der Waals surface area contributed by atoms with Gasteiger partial charge in [0.25, 0.3) is 5.91 Å². The first-order chi connectivity index (χ1) is 10.7. The Morgan fingerprint density at radius 1 is 1.27 bits per heavy atom. The highest BCUT2D eigenvalue weighted by molar-refractivity contribution is 7.99. The van der Waals surface area contributed by atoms with Crippen LogP contribution in [0.15, 0.2) is 48.5 Å². The third kappa shape index (κ3) is 2.81. The molecule has 0 N–H and O–H groups in total. The fourth-order valence-electron chi connectivity index (χ4n) is 2.53. The lowest BCUT2D eigenvalue weighted by Crippen LogP contribution is -2.30. The van der Waals surface area contributed by atoms with Crippen LogP contribution in [-0.4, -0.2) is 30.2 Å². The van der Waals surface area contributed by atoms with E-state index in [0.29, 0.717) is 23.4 Å². The molecular weight excluding hydrogens is 301 g/mol. The molecule has 1 fully saturated rings. The van der Waals surface area contributed by atoms with Crippen LogP contribution in [0.5, 0.6) is 5.75 Å². The molecule has 0 unspecified atom stereocenters. The number of rotatable bonds is 3. The minimum Gasteiger partial charge on any atom is -0.497 e. The summed E-state index contributed by atoms with van der Waals surface area (Å²) in [6.07, 6.45) is 0. The van der Waals surface area contributed by atoms with Gasteiger partial charge in [-0.05, 0) is 24.3 Å². The SMILES string of the molecule is COc1cccc(C(=O)N2CCS[C@H]2c2ccccc2F)c1. The summed E-state index contributed by atoms with van der Waals surface area (Å²) in [5.74, 6) is 1.07. The van der Waals surface area contributed by atoms with Gasteiger partial charge in [-0.3, -0.25) is 4.79 Å². The summed E-state index contributed by atoms with van der Waals surface area (Å²) in [6.45, 7) is 0.611. The first kappa shape index (κ1) is 14.9. The van der Waals surface area contributed by atoms with Gasteiger partial charge < -0.3 is 9.64 Å². The first-order valence-corrected chi connectivity index (χ1v) is 8.06. The average Bonchev–Trinajstić information content (AvgIpc) is 3.04. The molecular formula is C17H16FNO2S. The molecule has 1 aliphatic rings. The summed E-state index contributed by atoms with van der Waals surface area (Å²) in [5, 5.41) is -0.278. The van der Waals surface area contributed by atoms with Crippen LogP contribution in [0.4, 0.5) is 4.39 Å². The lowest BCUT2D eigenvalue weighted by Gasteiger charge is -2.24. The normalized spacial score (nSPS) is 17.5. The zero-order valence-electron chi connectivity index (χ0n) is 12.2. The Balaban J connectivity index is 1.89. The molecule has 3 rings (SSSR count). The monoisotopic (exact) mass is 317 g/mol. The maximum absolute atomic E-state index is 14.0. The Morgan fingerprint density at radius 2 is 2.09 bits per heavy atom. The van der Waals surface area contributed by atoms with E-state index in [9.17, 15) is 9.18 Å². The summed E-state index contributed by atoms with van der Waals surface area (Å²) in [6, 6.07) is 13.7. The van der Waals surface area contributed by atoms with Gasteiger partial charge in [-0.15, -0.1) is 11.8 Å². The molecule has 22 heavy (non-hydrogen) atoms. The molecule has 0 bridgehead atoms. The van der Waals surface area contributed by atoms with Crippen molar-refractivity contribution in [3.63, 3.8) is 0 Å². The van der Waals surface area contributed by atoms with Crippen molar-refractivity contribution in [2.45, 2.75) is 5.37 Å². The van der Waals surface area contributed by atoms with E-state index < -0.39 is 0 Å². The van der Waals surface area contributed by atoms with E-state index in [-0.39, 0.29) is 17.1 Å². The third-order valence-electron chi connectivity index (χ3n) is 3.64. The molecule has 1 amide bonds. The number of halogens is 1. The summed E-state index contributed by atoms with van der Waals surface area (Å²) in [7, 11) is 1.57. The number of carbonyl (C=O) groups excluding carboxylic acids is 1. The van der Waals surface area contributed by atoms with E-state index in [0.717, 1.165) is 5.75 Å². The number of amides is 1. The Bertz CT molecular complexity index is 692. The van der Waals surface area contributed by atoms with E-state index in [4.69, 9.17) is 4.74 Å². The highest BCUT2D eigenvalue weighted by Gasteiger charge is 2.32. The number of methoxy groups -OCH3 is 1. The van der Waals surface area contributed by atoms with Gasteiger partial charge in [0.05, 0.1) is 7.11 Å². The highest BCUT2D eigenvalue weighted by Crippen LogP contribution is 2.39. The highest BCUT2D eigenvalue weighted by atomic mass is 32.2. The van der Waals surface area contributed by atoms with Crippen molar-refractivity contribution in [1.29, 1.82) is 0 Å². The van der Waals surface area contributed by atoms with E-state index >= 15 is 0 Å². The number of carbonyl (C=O) groups is 1. The molecule has 1 heterocycles. The molecule has 1 aliphatic heterocycles. The summed E-state index contributed by atoms with van der Waals surface area (Å²) in [5.41, 5.74) is 1.12. The van der Waals surface area contributed by atoms with Crippen LogP contribution in [0.2, 0.25) is 0 Å². The van der Waals surface area contributed by atoms with Gasteiger partial charge in [-0.1, -0.05) is 24.3 Å². The van der Waals surface area contributed by atoms with Crippen molar-refractivity contribution < 1.29 is 13.9 Å². The molecule has 3 nitrogen and oxygen atoms in total. The van der Waals surface area contributed by atoms with Crippen LogP contribution in [-0.2, 0) is 0 Å². The number of ether oxygens (including phenoxy) is 1. The number of nitrogens with zero attached hydrogens (tertiary/aromatic N) is 1. The van der Waals surface area contributed by atoms with E-state index in [1.54, 1.807) is 66.2 Å². The van der Waals surface area contributed by atoms with Crippen LogP contribution in [0.25, 0.3) is 0 Å². The maximum Gasteiger partial charge on any atom is 0.255 e. The number of hydrogen-bond acceptors (Lipinski definition) is 3. The largest absolute Gasteiger partial charge is 0.497 e. The van der Waals surface area contributed by atoms with Crippen molar-refractivity contribution in [3.05, 3.63) is 65.5 Å². The standard InChI is InChI=1S/C17H16FNO2S/c1-21-13-6-4-5-12(11-13)16(20)19-9-10-22-17(19)14-7-2-3-8-15(14)18/h2-8,11,17H,9-10H2,1H3/t17-/m0/s1. The smallest absolute Gasteiger partial charge is 0.255 e. The van der Waals surface area contributed by atoms with Crippen LogP contribution in [0, 0.1) is 5.82 Å². The van der Waals surface area contributed by atoms with Crippen molar-refractivity contribution in [1.82, 2.24) is 4.90 Å². The van der Waals surface area contributed by atoms with Gasteiger partial charge >= 0.3 is 0 Å². The summed E-state index contributed by atoms with van der Waals surface area (Å²) < 4.78 is 19.2. The van der Waals surface area contributed by atoms with Crippen LogP contribution < -0.4 is 4.74 Å². The molecule has 2 aromatic rings. The van der Waals surface area contributed by atoms with Crippen molar-refractivity contribution in [2.24, 2.45) is 0 Å². The lowest BCUT2D eigenvalue weighted by molar-refractivity contribution is 0.0758. The van der Waals surface area contributed by atoms with Gasteiger partial charge in [0.2, 0.25) is 0 Å². The van der Waals surface area contributed by atoms with Gasteiger partial charge in [-0.2, -0.15) is 0 Å². The second kappa shape index (κ2) is 6.40. The minimum atomic E-state index is -0.278. The first-order valence-electron chi connectivity index (χ1n) is 7.02. The molecule has 1 atom stereocenters. The Morgan fingerprint density at radius 3 is 2.86 bits per heavy atom. The second-order valence-electron chi connectivity index (χ2n) is 4.98. The van der Waals surface area contributed by atoms with E-state index in [1.807, 2.05) is 0 Å².